The number of methoxy groups -OCH3 is 2. The molecular formula is C18H23N3O5. The van der Waals surface area contributed by atoms with Gasteiger partial charge in [-0.05, 0) is 31.0 Å². The molecule has 140 valence electrons. The molecule has 3 rings (SSSR count). The number of carbonyl (C=O) groups is 1. The molecule has 0 N–H and O–H groups in total. The SMILES string of the molecule is COc1cc(CCC(=O)N2CCOCC2c2nc(C)no2)cc(OC)c1. The van der Waals surface area contributed by atoms with Crippen LogP contribution in [0.5, 0.6) is 11.5 Å². The number of rotatable bonds is 6. The van der Waals surface area contributed by atoms with Gasteiger partial charge in [-0.2, -0.15) is 4.98 Å². The van der Waals surface area contributed by atoms with Crippen molar-refractivity contribution in [2.24, 2.45) is 0 Å². The lowest BCUT2D eigenvalue weighted by Crippen LogP contribution is -2.43. The molecule has 1 fully saturated rings. The number of aromatic nitrogens is 2. The molecule has 0 saturated carbocycles. The van der Waals surface area contributed by atoms with E-state index in [1.807, 2.05) is 12.1 Å². The van der Waals surface area contributed by atoms with Crippen molar-refractivity contribution >= 4 is 5.91 Å². The molecule has 0 radical (unpaired) electrons. The Bertz CT molecular complexity index is 739. The predicted octanol–water partition coefficient (Wildman–Crippen LogP) is 1.93. The number of carbonyl (C=O) groups excluding carboxylic acids is 1. The lowest BCUT2D eigenvalue weighted by molar-refractivity contribution is -0.141. The van der Waals surface area contributed by atoms with Crippen LogP contribution in [-0.2, 0) is 16.0 Å². The standard InChI is InChI=1S/C18H23N3O5/c1-12-19-18(26-20-12)16-11-25-7-6-21(16)17(22)5-4-13-8-14(23-2)10-15(9-13)24-3/h8-10,16H,4-7,11H2,1-3H3. The largest absolute Gasteiger partial charge is 0.497 e. The summed E-state index contributed by atoms with van der Waals surface area (Å²) in [5.41, 5.74) is 0.980. The molecule has 8 nitrogen and oxygen atoms in total. The summed E-state index contributed by atoms with van der Waals surface area (Å²) in [4.78, 5) is 18.8. The van der Waals surface area contributed by atoms with Gasteiger partial charge in [0, 0.05) is 19.0 Å². The zero-order valence-electron chi connectivity index (χ0n) is 15.2. The summed E-state index contributed by atoms with van der Waals surface area (Å²) < 4.78 is 21.3. The minimum absolute atomic E-state index is 0.0240. The fraction of sp³-hybridized carbons (Fsp3) is 0.500. The smallest absolute Gasteiger partial charge is 0.251 e. The minimum atomic E-state index is -0.336. The molecule has 2 heterocycles. The Morgan fingerprint density at radius 3 is 2.62 bits per heavy atom. The second-order valence-electron chi connectivity index (χ2n) is 6.08. The van der Waals surface area contributed by atoms with Gasteiger partial charge >= 0.3 is 0 Å². The number of ether oxygens (including phenoxy) is 3. The molecule has 0 bridgehead atoms. The van der Waals surface area contributed by atoms with Crippen LogP contribution in [0, 0.1) is 6.92 Å². The average Bonchev–Trinajstić information content (AvgIpc) is 3.12. The Morgan fingerprint density at radius 2 is 2.00 bits per heavy atom. The Labute approximate surface area is 152 Å². The highest BCUT2D eigenvalue weighted by atomic mass is 16.5. The zero-order chi connectivity index (χ0) is 18.5. The number of nitrogens with zero attached hydrogens (tertiary/aromatic N) is 3. The summed E-state index contributed by atoms with van der Waals surface area (Å²) in [6.07, 6.45) is 0.944. The summed E-state index contributed by atoms with van der Waals surface area (Å²) in [5, 5.41) is 3.81. The first-order chi connectivity index (χ1) is 12.6. The van der Waals surface area contributed by atoms with E-state index in [0.29, 0.717) is 55.8 Å². The van der Waals surface area contributed by atoms with Gasteiger partial charge in [-0.3, -0.25) is 4.79 Å². The third-order valence-electron chi connectivity index (χ3n) is 4.32. The third-order valence-corrected chi connectivity index (χ3v) is 4.32. The van der Waals surface area contributed by atoms with E-state index in [1.54, 1.807) is 32.1 Å². The van der Waals surface area contributed by atoms with Crippen molar-refractivity contribution < 1.29 is 23.5 Å². The topological polar surface area (TPSA) is 86.9 Å². The first kappa shape index (κ1) is 18.2. The summed E-state index contributed by atoms with van der Waals surface area (Å²) in [6.45, 7) is 3.12. The normalized spacial score (nSPS) is 17.2. The number of hydrogen-bond donors (Lipinski definition) is 0. The Hall–Kier alpha value is -2.61. The van der Waals surface area contributed by atoms with E-state index in [9.17, 15) is 4.79 Å². The molecule has 1 aromatic carbocycles. The highest BCUT2D eigenvalue weighted by molar-refractivity contribution is 5.77. The molecular weight excluding hydrogens is 338 g/mol. The monoisotopic (exact) mass is 361 g/mol. The van der Waals surface area contributed by atoms with E-state index in [2.05, 4.69) is 10.1 Å². The van der Waals surface area contributed by atoms with Crippen molar-refractivity contribution in [1.29, 1.82) is 0 Å². The molecule has 1 aliphatic heterocycles. The van der Waals surface area contributed by atoms with Crippen LogP contribution in [0.4, 0.5) is 0 Å². The van der Waals surface area contributed by atoms with Crippen LogP contribution in [0.15, 0.2) is 22.7 Å². The van der Waals surface area contributed by atoms with E-state index in [0.717, 1.165) is 5.56 Å². The first-order valence-electron chi connectivity index (χ1n) is 8.50. The van der Waals surface area contributed by atoms with Gasteiger partial charge in [0.1, 0.15) is 17.5 Å². The Kier molecular flexibility index (Phi) is 5.72. The number of aryl methyl sites for hydroxylation is 2. The van der Waals surface area contributed by atoms with Gasteiger partial charge in [-0.1, -0.05) is 5.16 Å². The van der Waals surface area contributed by atoms with Gasteiger partial charge in [-0.25, -0.2) is 0 Å². The van der Waals surface area contributed by atoms with E-state index >= 15 is 0 Å². The highest BCUT2D eigenvalue weighted by Crippen LogP contribution is 2.26. The fourth-order valence-corrected chi connectivity index (χ4v) is 2.96. The van der Waals surface area contributed by atoms with Crippen molar-refractivity contribution in [2.75, 3.05) is 34.0 Å². The van der Waals surface area contributed by atoms with Crippen molar-refractivity contribution in [1.82, 2.24) is 15.0 Å². The van der Waals surface area contributed by atoms with Gasteiger partial charge in [0.15, 0.2) is 5.82 Å². The molecule has 8 heteroatoms. The molecule has 0 spiro atoms. The van der Waals surface area contributed by atoms with Crippen molar-refractivity contribution in [3.05, 3.63) is 35.5 Å². The second kappa shape index (κ2) is 8.18. The van der Waals surface area contributed by atoms with Crippen LogP contribution in [0.3, 0.4) is 0 Å². The van der Waals surface area contributed by atoms with E-state index in [4.69, 9.17) is 18.7 Å². The fourth-order valence-electron chi connectivity index (χ4n) is 2.96. The van der Waals surface area contributed by atoms with Gasteiger partial charge in [0.05, 0.1) is 27.4 Å². The zero-order valence-corrected chi connectivity index (χ0v) is 15.2. The molecule has 0 aliphatic carbocycles. The first-order valence-corrected chi connectivity index (χ1v) is 8.50. The average molecular weight is 361 g/mol. The summed E-state index contributed by atoms with van der Waals surface area (Å²) in [7, 11) is 3.21. The van der Waals surface area contributed by atoms with Gasteiger partial charge in [0.2, 0.25) is 5.91 Å². The molecule has 26 heavy (non-hydrogen) atoms. The van der Waals surface area contributed by atoms with Crippen molar-refractivity contribution in [2.45, 2.75) is 25.8 Å². The maximum absolute atomic E-state index is 12.8. The summed E-state index contributed by atoms with van der Waals surface area (Å²) in [6, 6.07) is 5.29. The van der Waals surface area contributed by atoms with E-state index in [-0.39, 0.29) is 11.9 Å². The van der Waals surface area contributed by atoms with E-state index in [1.165, 1.54) is 0 Å². The summed E-state index contributed by atoms with van der Waals surface area (Å²) >= 11 is 0. The van der Waals surface area contributed by atoms with Crippen LogP contribution in [0.1, 0.15) is 29.7 Å². The number of morpholine rings is 1. The van der Waals surface area contributed by atoms with Crippen LogP contribution in [0.2, 0.25) is 0 Å². The number of amides is 1. The molecule has 2 aromatic rings. The van der Waals surface area contributed by atoms with Crippen molar-refractivity contribution in [3.63, 3.8) is 0 Å². The molecule has 1 atom stereocenters. The predicted molar refractivity (Wildman–Crippen MR) is 92.2 cm³/mol. The van der Waals surface area contributed by atoms with Crippen LogP contribution >= 0.6 is 0 Å². The Morgan fingerprint density at radius 1 is 1.27 bits per heavy atom. The van der Waals surface area contributed by atoms with Crippen LogP contribution in [-0.4, -0.2) is 54.9 Å². The molecule has 1 saturated heterocycles. The Balaban J connectivity index is 1.68. The molecule has 1 aromatic heterocycles. The van der Waals surface area contributed by atoms with Gasteiger partial charge in [0.25, 0.3) is 5.89 Å². The van der Waals surface area contributed by atoms with Gasteiger partial charge < -0.3 is 23.6 Å². The third kappa shape index (κ3) is 4.13. The maximum Gasteiger partial charge on any atom is 0.251 e. The lowest BCUT2D eigenvalue weighted by Gasteiger charge is -2.33. The van der Waals surface area contributed by atoms with Gasteiger partial charge in [-0.15, -0.1) is 0 Å². The molecule has 1 unspecified atom stereocenters. The van der Waals surface area contributed by atoms with Crippen LogP contribution in [0.25, 0.3) is 0 Å². The molecule has 1 aliphatic rings. The maximum atomic E-state index is 12.8. The van der Waals surface area contributed by atoms with Crippen molar-refractivity contribution in [3.8, 4) is 11.5 Å². The second-order valence-corrected chi connectivity index (χ2v) is 6.08. The number of hydrogen-bond acceptors (Lipinski definition) is 7. The molecule has 1 amide bonds. The quantitative estimate of drug-likeness (QED) is 0.777. The lowest BCUT2D eigenvalue weighted by atomic mass is 10.1. The van der Waals surface area contributed by atoms with E-state index < -0.39 is 0 Å². The summed E-state index contributed by atoms with van der Waals surface area (Å²) in [5.74, 6) is 2.39. The minimum Gasteiger partial charge on any atom is -0.497 e. The number of benzene rings is 1. The highest BCUT2D eigenvalue weighted by Gasteiger charge is 2.32. The van der Waals surface area contributed by atoms with Crippen LogP contribution < -0.4 is 9.47 Å².